The van der Waals surface area contributed by atoms with Gasteiger partial charge in [0.25, 0.3) is 11.8 Å². The Morgan fingerprint density at radius 3 is 2.34 bits per heavy atom. The van der Waals surface area contributed by atoms with Crippen molar-refractivity contribution >= 4 is 17.5 Å². The minimum absolute atomic E-state index is 0.0429. The van der Waals surface area contributed by atoms with E-state index >= 15 is 0 Å². The molecule has 3 rings (SSSR count). The third-order valence-electron chi connectivity index (χ3n) is 5.09. The molecule has 0 aliphatic rings. The van der Waals surface area contributed by atoms with E-state index in [2.05, 4.69) is 31.4 Å². The van der Waals surface area contributed by atoms with Crippen molar-refractivity contribution in [1.29, 1.82) is 0 Å². The van der Waals surface area contributed by atoms with Crippen LogP contribution in [0.2, 0.25) is 0 Å². The first kappa shape index (κ1) is 23.1. The molecular weight excluding hydrogens is 404 g/mol. The van der Waals surface area contributed by atoms with Gasteiger partial charge in [-0.05, 0) is 53.8 Å². The molecule has 168 valence electrons. The molecule has 0 radical (unpaired) electrons. The predicted molar refractivity (Wildman–Crippen MR) is 125 cm³/mol. The number of anilines is 1. The molecule has 1 atom stereocenters. The summed E-state index contributed by atoms with van der Waals surface area (Å²) >= 11 is 0. The number of benzene rings is 2. The van der Waals surface area contributed by atoms with Gasteiger partial charge in [0, 0.05) is 0 Å². The summed E-state index contributed by atoms with van der Waals surface area (Å²) in [6.07, 6.45) is 1.35. The van der Waals surface area contributed by atoms with Crippen LogP contribution < -0.4 is 15.4 Å². The van der Waals surface area contributed by atoms with Crippen molar-refractivity contribution in [3.8, 4) is 5.75 Å². The highest BCUT2D eigenvalue weighted by atomic mass is 16.5. The van der Waals surface area contributed by atoms with Gasteiger partial charge in [-0.25, -0.2) is 0 Å². The summed E-state index contributed by atoms with van der Waals surface area (Å²) in [5, 5.41) is 5.64. The van der Waals surface area contributed by atoms with Crippen LogP contribution in [0.3, 0.4) is 0 Å². The molecule has 32 heavy (non-hydrogen) atoms. The van der Waals surface area contributed by atoms with E-state index in [1.54, 1.807) is 42.7 Å². The SMILES string of the molecule is CC[C@H](Oc1ccc(C(C)(C)C)cc1)C(=O)Nc1ccccc1C(=O)NCc1ccco1. The number of nitrogens with one attached hydrogen (secondary N) is 2. The molecule has 0 aliphatic carbocycles. The molecule has 6 nitrogen and oxygen atoms in total. The van der Waals surface area contributed by atoms with Crippen molar-refractivity contribution < 1.29 is 18.7 Å². The van der Waals surface area contributed by atoms with Gasteiger partial charge >= 0.3 is 0 Å². The van der Waals surface area contributed by atoms with Gasteiger partial charge in [0.2, 0.25) is 0 Å². The molecule has 0 fully saturated rings. The highest BCUT2D eigenvalue weighted by Crippen LogP contribution is 2.25. The number of furan rings is 1. The number of ether oxygens (including phenoxy) is 1. The maximum atomic E-state index is 12.9. The Labute approximate surface area is 189 Å². The Hall–Kier alpha value is -3.54. The maximum absolute atomic E-state index is 12.9. The zero-order chi connectivity index (χ0) is 23.1. The average Bonchev–Trinajstić information content (AvgIpc) is 3.29. The van der Waals surface area contributed by atoms with E-state index in [-0.39, 0.29) is 23.8 Å². The second-order valence-corrected chi connectivity index (χ2v) is 8.59. The third kappa shape index (κ3) is 6.00. The van der Waals surface area contributed by atoms with E-state index in [1.165, 1.54) is 5.56 Å². The molecular formula is C26H30N2O4. The second-order valence-electron chi connectivity index (χ2n) is 8.59. The number of para-hydroxylation sites is 1. The number of carbonyl (C=O) groups is 2. The van der Waals surface area contributed by atoms with Crippen LogP contribution in [0.4, 0.5) is 5.69 Å². The van der Waals surface area contributed by atoms with Crippen molar-refractivity contribution in [1.82, 2.24) is 5.32 Å². The Morgan fingerprint density at radius 2 is 1.72 bits per heavy atom. The summed E-state index contributed by atoms with van der Waals surface area (Å²) in [6.45, 7) is 8.59. The lowest BCUT2D eigenvalue weighted by molar-refractivity contribution is -0.122. The lowest BCUT2D eigenvalue weighted by atomic mass is 9.87. The number of hydrogen-bond donors (Lipinski definition) is 2. The van der Waals surface area contributed by atoms with Crippen molar-refractivity contribution in [3.05, 3.63) is 83.8 Å². The summed E-state index contributed by atoms with van der Waals surface area (Å²) < 4.78 is 11.2. The standard InChI is InChI=1S/C26H30N2O4/c1-5-23(32-19-14-12-18(13-15-19)26(2,3)4)25(30)28-22-11-7-6-10-21(22)24(29)27-17-20-9-8-16-31-20/h6-16,23H,5,17H2,1-4H3,(H,27,29)(H,28,30)/t23-/m0/s1. The summed E-state index contributed by atoms with van der Waals surface area (Å²) in [5.41, 5.74) is 2.04. The van der Waals surface area contributed by atoms with Gasteiger partial charge in [0.15, 0.2) is 6.10 Å². The van der Waals surface area contributed by atoms with Crippen LogP contribution >= 0.6 is 0 Å². The van der Waals surface area contributed by atoms with Crippen molar-refractivity contribution in [3.63, 3.8) is 0 Å². The smallest absolute Gasteiger partial charge is 0.265 e. The number of amides is 2. The summed E-state index contributed by atoms with van der Waals surface area (Å²) in [4.78, 5) is 25.6. The van der Waals surface area contributed by atoms with Crippen molar-refractivity contribution in [2.45, 2.75) is 52.2 Å². The van der Waals surface area contributed by atoms with Gasteiger partial charge in [-0.1, -0.05) is 52.0 Å². The van der Waals surface area contributed by atoms with Crippen LogP contribution in [0.25, 0.3) is 0 Å². The Balaban J connectivity index is 1.66. The van der Waals surface area contributed by atoms with E-state index in [1.807, 2.05) is 31.2 Å². The van der Waals surface area contributed by atoms with Gasteiger partial charge < -0.3 is 19.8 Å². The van der Waals surface area contributed by atoms with Gasteiger partial charge in [-0.3, -0.25) is 9.59 Å². The Bertz CT molecular complexity index is 1030. The topological polar surface area (TPSA) is 80.6 Å². The fourth-order valence-electron chi connectivity index (χ4n) is 3.20. The molecule has 6 heteroatoms. The quantitative estimate of drug-likeness (QED) is 0.504. The monoisotopic (exact) mass is 434 g/mol. The number of rotatable bonds is 8. The summed E-state index contributed by atoms with van der Waals surface area (Å²) in [5.74, 6) is 0.670. The fourth-order valence-corrected chi connectivity index (χ4v) is 3.20. The zero-order valence-electron chi connectivity index (χ0n) is 19.0. The minimum atomic E-state index is -0.685. The number of carbonyl (C=O) groups excluding carboxylic acids is 2. The van der Waals surface area contributed by atoms with Crippen molar-refractivity contribution in [2.24, 2.45) is 0 Å². The number of hydrogen-bond acceptors (Lipinski definition) is 4. The normalized spacial score (nSPS) is 12.1. The molecule has 0 bridgehead atoms. The molecule has 2 aromatic carbocycles. The first-order valence-electron chi connectivity index (χ1n) is 10.8. The van der Waals surface area contributed by atoms with E-state index < -0.39 is 6.10 Å². The highest BCUT2D eigenvalue weighted by Gasteiger charge is 2.21. The van der Waals surface area contributed by atoms with E-state index in [0.29, 0.717) is 29.2 Å². The molecule has 3 aromatic rings. The lowest BCUT2D eigenvalue weighted by Crippen LogP contribution is -2.33. The van der Waals surface area contributed by atoms with Crippen LogP contribution in [0.5, 0.6) is 5.75 Å². The highest BCUT2D eigenvalue weighted by molar-refractivity contribution is 6.04. The maximum Gasteiger partial charge on any atom is 0.265 e. The van der Waals surface area contributed by atoms with Gasteiger partial charge in [-0.2, -0.15) is 0 Å². The molecule has 1 aromatic heterocycles. The summed E-state index contributed by atoms with van der Waals surface area (Å²) in [7, 11) is 0. The van der Waals surface area contributed by atoms with Gasteiger partial charge in [-0.15, -0.1) is 0 Å². The zero-order valence-corrected chi connectivity index (χ0v) is 19.0. The van der Waals surface area contributed by atoms with Crippen LogP contribution in [0.1, 0.15) is 55.8 Å². The average molecular weight is 435 g/mol. The predicted octanol–water partition coefficient (Wildman–Crippen LogP) is 5.30. The lowest BCUT2D eigenvalue weighted by Gasteiger charge is -2.21. The first-order valence-corrected chi connectivity index (χ1v) is 10.8. The van der Waals surface area contributed by atoms with Crippen LogP contribution in [0, 0.1) is 0 Å². The summed E-state index contributed by atoms with van der Waals surface area (Å²) in [6, 6.07) is 18.2. The molecule has 0 spiro atoms. The van der Waals surface area contributed by atoms with Crippen molar-refractivity contribution in [2.75, 3.05) is 5.32 Å². The fraction of sp³-hybridized carbons (Fsp3) is 0.308. The van der Waals surface area contributed by atoms with Gasteiger partial charge in [0.1, 0.15) is 11.5 Å². The molecule has 2 amide bonds. The second kappa shape index (κ2) is 10.2. The Kier molecular flexibility index (Phi) is 7.36. The van der Waals surface area contributed by atoms with E-state index in [9.17, 15) is 9.59 Å². The van der Waals surface area contributed by atoms with Crippen LogP contribution in [-0.2, 0) is 16.8 Å². The van der Waals surface area contributed by atoms with Gasteiger partial charge in [0.05, 0.1) is 24.1 Å². The van der Waals surface area contributed by atoms with Crippen LogP contribution in [-0.4, -0.2) is 17.9 Å². The molecule has 2 N–H and O–H groups in total. The largest absolute Gasteiger partial charge is 0.481 e. The van der Waals surface area contributed by atoms with E-state index in [4.69, 9.17) is 9.15 Å². The van der Waals surface area contributed by atoms with E-state index in [0.717, 1.165) is 0 Å². The molecule has 0 saturated heterocycles. The molecule has 0 saturated carbocycles. The first-order chi connectivity index (χ1) is 15.3. The molecule has 1 heterocycles. The van der Waals surface area contributed by atoms with Crippen LogP contribution in [0.15, 0.2) is 71.3 Å². The molecule has 0 aliphatic heterocycles. The third-order valence-corrected chi connectivity index (χ3v) is 5.09. The molecule has 0 unspecified atom stereocenters. The minimum Gasteiger partial charge on any atom is -0.481 e. The Morgan fingerprint density at radius 1 is 1.00 bits per heavy atom.